The maximum absolute atomic E-state index is 13.3. The van der Waals surface area contributed by atoms with E-state index < -0.39 is 21.7 Å². The van der Waals surface area contributed by atoms with E-state index in [0.717, 1.165) is 18.6 Å². The number of benzene rings is 1. The average Bonchev–Trinajstić information content (AvgIpc) is 3.24. The van der Waals surface area contributed by atoms with Crippen molar-refractivity contribution in [2.75, 3.05) is 11.1 Å². The Morgan fingerprint density at radius 2 is 2.09 bits per heavy atom. The van der Waals surface area contributed by atoms with Crippen molar-refractivity contribution in [3.8, 4) is 0 Å². The van der Waals surface area contributed by atoms with Gasteiger partial charge >= 0.3 is 6.03 Å². The molecule has 0 spiro atoms. The first kappa shape index (κ1) is 16.7. The normalized spacial score (nSPS) is 16.1. The number of hydrogen-bond donors (Lipinski definition) is 2. The third-order valence-corrected chi connectivity index (χ3v) is 5.44. The maximum atomic E-state index is 13.3. The second-order valence-corrected chi connectivity index (χ2v) is 7.97. The topological polar surface area (TPSA) is 75.3 Å². The summed E-state index contributed by atoms with van der Waals surface area (Å²) in [5.41, 5.74) is 0.0966. The molecule has 0 radical (unpaired) electrons. The van der Waals surface area contributed by atoms with Crippen molar-refractivity contribution in [3.05, 3.63) is 24.0 Å². The number of amides is 2. The molecule has 0 bridgehead atoms. The summed E-state index contributed by atoms with van der Waals surface area (Å²) in [5, 5.41) is 5.28. The van der Waals surface area contributed by atoms with Crippen molar-refractivity contribution in [3.63, 3.8) is 0 Å². The molecule has 1 atom stereocenters. The Morgan fingerprint density at radius 3 is 2.68 bits per heavy atom. The third kappa shape index (κ3) is 4.43. The van der Waals surface area contributed by atoms with E-state index >= 15 is 0 Å². The highest BCUT2D eigenvalue weighted by Gasteiger charge is 2.24. The van der Waals surface area contributed by atoms with Crippen molar-refractivity contribution in [1.29, 1.82) is 0 Å². The number of rotatable bonds is 6. The lowest BCUT2D eigenvalue weighted by Crippen LogP contribution is -2.36. The van der Waals surface area contributed by atoms with Crippen LogP contribution in [0.3, 0.4) is 0 Å². The summed E-state index contributed by atoms with van der Waals surface area (Å²) < 4.78 is 37.3. The molecule has 2 amide bonds. The Balaban J connectivity index is 2.09. The lowest BCUT2D eigenvalue weighted by Gasteiger charge is -2.16. The molecule has 0 heterocycles. The largest absolute Gasteiger partial charge is 0.335 e. The van der Waals surface area contributed by atoms with Crippen LogP contribution in [0.15, 0.2) is 23.1 Å². The SMILES string of the molecule is CCS(=O)(=O)c1cc(F)ccc1NC(=O)N[C@H](C)CC1CC1. The molecule has 122 valence electrons. The number of sulfone groups is 1. The summed E-state index contributed by atoms with van der Waals surface area (Å²) in [4.78, 5) is 11.8. The van der Waals surface area contributed by atoms with Crippen LogP contribution in [0.1, 0.15) is 33.1 Å². The van der Waals surface area contributed by atoms with Gasteiger partial charge in [-0.15, -0.1) is 0 Å². The van der Waals surface area contributed by atoms with E-state index in [4.69, 9.17) is 0 Å². The molecule has 5 nitrogen and oxygen atoms in total. The molecule has 1 aliphatic carbocycles. The van der Waals surface area contributed by atoms with Gasteiger partial charge in [-0.3, -0.25) is 0 Å². The first-order valence-electron chi connectivity index (χ1n) is 7.41. The highest BCUT2D eigenvalue weighted by Crippen LogP contribution is 2.33. The molecule has 0 unspecified atom stereocenters. The van der Waals surface area contributed by atoms with Crippen molar-refractivity contribution in [2.24, 2.45) is 5.92 Å². The predicted octanol–water partition coefficient (Wildman–Crippen LogP) is 2.93. The van der Waals surface area contributed by atoms with Crippen LogP contribution in [-0.4, -0.2) is 26.2 Å². The summed E-state index contributed by atoms with van der Waals surface area (Å²) in [6.07, 6.45) is 3.31. The second-order valence-electron chi connectivity index (χ2n) is 5.72. The summed E-state index contributed by atoms with van der Waals surface area (Å²) >= 11 is 0. The molecule has 2 rings (SSSR count). The van der Waals surface area contributed by atoms with E-state index in [1.807, 2.05) is 6.92 Å². The van der Waals surface area contributed by atoms with Gasteiger partial charge in [-0.1, -0.05) is 19.8 Å². The Labute approximate surface area is 130 Å². The van der Waals surface area contributed by atoms with Gasteiger partial charge in [0, 0.05) is 6.04 Å². The van der Waals surface area contributed by atoms with Crippen LogP contribution in [-0.2, 0) is 9.84 Å². The number of nitrogens with one attached hydrogen (secondary N) is 2. The molecule has 1 aliphatic rings. The number of carbonyl (C=O) groups excluding carboxylic acids is 1. The molecule has 0 aliphatic heterocycles. The van der Waals surface area contributed by atoms with Crippen molar-refractivity contribution in [2.45, 2.75) is 44.0 Å². The van der Waals surface area contributed by atoms with Crippen LogP contribution in [0.5, 0.6) is 0 Å². The van der Waals surface area contributed by atoms with Crippen molar-refractivity contribution < 1.29 is 17.6 Å². The number of halogens is 1. The Hall–Kier alpha value is -1.63. The van der Waals surface area contributed by atoms with Crippen molar-refractivity contribution >= 4 is 21.6 Å². The molecule has 1 fully saturated rings. The van der Waals surface area contributed by atoms with Crippen molar-refractivity contribution in [1.82, 2.24) is 5.32 Å². The zero-order valence-corrected chi connectivity index (χ0v) is 13.5. The Kier molecular flexibility index (Phi) is 5.05. The summed E-state index contributed by atoms with van der Waals surface area (Å²) in [5.74, 6) is -0.137. The molecule has 1 saturated carbocycles. The molecule has 0 aromatic heterocycles. The average molecular weight is 328 g/mol. The number of hydrogen-bond acceptors (Lipinski definition) is 3. The fourth-order valence-corrected chi connectivity index (χ4v) is 3.36. The lowest BCUT2D eigenvalue weighted by atomic mass is 10.2. The van der Waals surface area contributed by atoms with Crippen LogP contribution in [0.2, 0.25) is 0 Å². The van der Waals surface area contributed by atoms with Crippen LogP contribution >= 0.6 is 0 Å². The van der Waals surface area contributed by atoms with Gasteiger partial charge in [0.05, 0.1) is 16.3 Å². The van der Waals surface area contributed by atoms with Gasteiger partial charge in [0.15, 0.2) is 9.84 Å². The lowest BCUT2D eigenvalue weighted by molar-refractivity contribution is 0.248. The minimum Gasteiger partial charge on any atom is -0.335 e. The highest BCUT2D eigenvalue weighted by atomic mass is 32.2. The quantitative estimate of drug-likeness (QED) is 0.843. The van der Waals surface area contributed by atoms with E-state index in [9.17, 15) is 17.6 Å². The standard InChI is InChI=1S/C15H21FN2O3S/c1-3-22(20,21)14-9-12(16)6-7-13(14)18-15(19)17-10(2)8-11-4-5-11/h6-7,9-11H,3-5,8H2,1-2H3,(H2,17,18,19)/t10-/m1/s1. The van der Waals surface area contributed by atoms with E-state index in [2.05, 4.69) is 10.6 Å². The van der Waals surface area contributed by atoms with E-state index in [-0.39, 0.29) is 22.4 Å². The number of anilines is 1. The molecule has 1 aromatic rings. The monoisotopic (exact) mass is 328 g/mol. The summed E-state index contributed by atoms with van der Waals surface area (Å²) in [7, 11) is -3.62. The zero-order chi connectivity index (χ0) is 16.3. The van der Waals surface area contributed by atoms with Gasteiger partial charge in [-0.05, 0) is 37.5 Å². The molecule has 7 heteroatoms. The first-order valence-corrected chi connectivity index (χ1v) is 9.07. The van der Waals surface area contributed by atoms with Crippen LogP contribution in [0.4, 0.5) is 14.9 Å². The van der Waals surface area contributed by atoms with Gasteiger partial charge in [0.2, 0.25) is 0 Å². The minimum absolute atomic E-state index is 0.0131. The smallest absolute Gasteiger partial charge is 0.319 e. The van der Waals surface area contributed by atoms with Crippen LogP contribution < -0.4 is 10.6 Å². The highest BCUT2D eigenvalue weighted by molar-refractivity contribution is 7.91. The predicted molar refractivity (Wildman–Crippen MR) is 83.1 cm³/mol. The van der Waals surface area contributed by atoms with E-state index in [1.54, 1.807) is 0 Å². The minimum atomic E-state index is -3.62. The van der Waals surface area contributed by atoms with E-state index in [1.165, 1.54) is 25.8 Å². The second kappa shape index (κ2) is 6.64. The maximum Gasteiger partial charge on any atom is 0.319 e. The number of carbonyl (C=O) groups is 1. The number of urea groups is 1. The van der Waals surface area contributed by atoms with Gasteiger partial charge in [-0.25, -0.2) is 17.6 Å². The molecule has 2 N–H and O–H groups in total. The van der Waals surface area contributed by atoms with Gasteiger partial charge < -0.3 is 10.6 Å². The Morgan fingerprint density at radius 1 is 1.41 bits per heavy atom. The first-order chi connectivity index (χ1) is 10.3. The Bertz CT molecular complexity index is 657. The molecule has 0 saturated heterocycles. The summed E-state index contributed by atoms with van der Waals surface area (Å²) in [6, 6.07) is 2.86. The van der Waals surface area contributed by atoms with E-state index in [0.29, 0.717) is 5.92 Å². The molecule has 22 heavy (non-hydrogen) atoms. The third-order valence-electron chi connectivity index (χ3n) is 3.67. The fraction of sp³-hybridized carbons (Fsp3) is 0.533. The van der Waals surface area contributed by atoms with Crippen LogP contribution in [0.25, 0.3) is 0 Å². The molecular formula is C15H21FN2O3S. The van der Waals surface area contributed by atoms with Gasteiger partial charge in [0.25, 0.3) is 0 Å². The van der Waals surface area contributed by atoms with Gasteiger partial charge in [0.1, 0.15) is 5.82 Å². The fourth-order valence-electron chi connectivity index (χ4n) is 2.31. The molecular weight excluding hydrogens is 307 g/mol. The van der Waals surface area contributed by atoms with Crippen LogP contribution in [0, 0.1) is 11.7 Å². The van der Waals surface area contributed by atoms with Gasteiger partial charge in [-0.2, -0.15) is 0 Å². The summed E-state index contributed by atoms with van der Waals surface area (Å²) in [6.45, 7) is 3.38. The zero-order valence-electron chi connectivity index (χ0n) is 12.7. The molecule has 1 aromatic carbocycles.